The third-order valence-corrected chi connectivity index (χ3v) is 6.73. The van der Waals surface area contributed by atoms with Crippen molar-refractivity contribution in [3.8, 4) is 5.75 Å². The number of rotatable bonds is 7. The van der Waals surface area contributed by atoms with Crippen LogP contribution in [0.5, 0.6) is 5.75 Å². The number of fused-ring (bicyclic) bond motifs is 1. The van der Waals surface area contributed by atoms with Crippen LogP contribution in [0.3, 0.4) is 0 Å². The van der Waals surface area contributed by atoms with E-state index in [2.05, 4.69) is 24.3 Å². The largest absolute Gasteiger partial charge is 0.497 e. The highest BCUT2D eigenvalue weighted by Crippen LogP contribution is 2.26. The van der Waals surface area contributed by atoms with Gasteiger partial charge in [0.1, 0.15) is 11.3 Å². The molecule has 32 heavy (non-hydrogen) atoms. The number of benzene rings is 2. The van der Waals surface area contributed by atoms with Gasteiger partial charge in [0.2, 0.25) is 5.91 Å². The van der Waals surface area contributed by atoms with Gasteiger partial charge in [-0.25, -0.2) is 4.79 Å². The summed E-state index contributed by atoms with van der Waals surface area (Å²) in [5.41, 5.74) is 3.00. The number of hydrogen-bond acceptors (Lipinski definition) is 4. The molecule has 0 atom stereocenters. The maximum Gasteiger partial charge on any atom is 0.339 e. The molecule has 168 valence electrons. The van der Waals surface area contributed by atoms with Gasteiger partial charge in [-0.3, -0.25) is 4.79 Å². The molecule has 1 fully saturated rings. The number of hydrogen-bond donors (Lipinski definition) is 0. The lowest BCUT2D eigenvalue weighted by atomic mass is 9.90. The molecule has 4 rings (SSSR count). The quantitative estimate of drug-likeness (QED) is 0.497. The Kier molecular flexibility index (Phi) is 6.93. The molecular weight excluding hydrogens is 402 g/mol. The molecule has 0 saturated carbocycles. The summed E-state index contributed by atoms with van der Waals surface area (Å²) in [6.07, 6.45) is 5.12. The van der Waals surface area contributed by atoms with Crippen molar-refractivity contribution in [3.05, 3.63) is 75.6 Å². The number of amides is 1. The lowest BCUT2D eigenvalue weighted by molar-refractivity contribution is -0.132. The Balaban J connectivity index is 1.31. The van der Waals surface area contributed by atoms with Crippen LogP contribution in [0.25, 0.3) is 11.0 Å². The summed E-state index contributed by atoms with van der Waals surface area (Å²) in [4.78, 5) is 27.3. The average Bonchev–Trinajstić information content (AvgIpc) is 2.83. The Labute approximate surface area is 189 Å². The minimum Gasteiger partial charge on any atom is -0.497 e. The van der Waals surface area contributed by atoms with Gasteiger partial charge in [0.15, 0.2) is 0 Å². The number of carbonyl (C=O) groups excluding carboxylic acids is 1. The van der Waals surface area contributed by atoms with Crippen molar-refractivity contribution in [1.29, 1.82) is 0 Å². The summed E-state index contributed by atoms with van der Waals surface area (Å²) in [6.45, 7) is 3.54. The van der Waals surface area contributed by atoms with Crippen molar-refractivity contribution >= 4 is 16.9 Å². The van der Waals surface area contributed by atoms with Gasteiger partial charge in [-0.15, -0.1) is 0 Å². The minimum absolute atomic E-state index is 0.125. The highest BCUT2D eigenvalue weighted by atomic mass is 16.5. The molecule has 0 N–H and O–H groups in total. The van der Waals surface area contributed by atoms with E-state index in [1.165, 1.54) is 12.0 Å². The summed E-state index contributed by atoms with van der Waals surface area (Å²) >= 11 is 0. The van der Waals surface area contributed by atoms with Crippen molar-refractivity contribution < 1.29 is 13.9 Å². The molecule has 1 amide bonds. The fourth-order valence-electron chi connectivity index (χ4n) is 4.67. The molecule has 1 aliphatic rings. The predicted octanol–water partition coefficient (Wildman–Crippen LogP) is 4.91. The van der Waals surface area contributed by atoms with Gasteiger partial charge in [0, 0.05) is 36.5 Å². The Hall–Kier alpha value is -3.08. The van der Waals surface area contributed by atoms with Crippen LogP contribution in [0, 0.1) is 12.8 Å². The standard InChI is InChI=1S/C27H31NO4/c1-19-23-11-10-22(31-2)18-25(23)32-27(30)24(19)12-13-26(29)28-16-14-21(15-17-28)9-8-20-6-4-3-5-7-20/h3-7,10-11,18,21H,8-9,12-17H2,1-2H3. The van der Waals surface area contributed by atoms with Gasteiger partial charge in [0.25, 0.3) is 0 Å². The number of piperidine rings is 1. The van der Waals surface area contributed by atoms with E-state index in [4.69, 9.17) is 9.15 Å². The monoisotopic (exact) mass is 433 g/mol. The van der Waals surface area contributed by atoms with Gasteiger partial charge < -0.3 is 14.1 Å². The molecule has 0 aliphatic carbocycles. The molecular formula is C27H31NO4. The molecule has 2 aromatic carbocycles. The first kappa shape index (κ1) is 22.1. The number of carbonyl (C=O) groups is 1. The Morgan fingerprint density at radius 1 is 1.09 bits per heavy atom. The zero-order valence-corrected chi connectivity index (χ0v) is 18.9. The summed E-state index contributed by atoms with van der Waals surface area (Å²) in [5.74, 6) is 1.45. The third kappa shape index (κ3) is 5.04. The zero-order valence-electron chi connectivity index (χ0n) is 18.9. The fourth-order valence-corrected chi connectivity index (χ4v) is 4.67. The number of ether oxygens (including phenoxy) is 1. The molecule has 5 heteroatoms. The highest BCUT2D eigenvalue weighted by Gasteiger charge is 2.23. The fraction of sp³-hybridized carbons (Fsp3) is 0.407. The van der Waals surface area contributed by atoms with E-state index in [1.54, 1.807) is 13.2 Å². The first-order chi connectivity index (χ1) is 15.5. The number of aryl methyl sites for hydroxylation is 2. The first-order valence-corrected chi connectivity index (χ1v) is 11.5. The van der Waals surface area contributed by atoms with Gasteiger partial charge >= 0.3 is 5.63 Å². The van der Waals surface area contributed by atoms with Crippen molar-refractivity contribution in [2.24, 2.45) is 5.92 Å². The summed E-state index contributed by atoms with van der Waals surface area (Å²) in [7, 11) is 1.58. The lowest BCUT2D eigenvalue weighted by Gasteiger charge is -2.32. The molecule has 2 heterocycles. The molecule has 5 nitrogen and oxygen atoms in total. The van der Waals surface area contributed by atoms with E-state index in [0.717, 1.165) is 43.3 Å². The maximum absolute atomic E-state index is 12.8. The normalized spacial score (nSPS) is 14.6. The van der Waals surface area contributed by atoms with E-state index in [1.807, 2.05) is 30.0 Å². The van der Waals surface area contributed by atoms with Gasteiger partial charge in [0.05, 0.1) is 7.11 Å². The topological polar surface area (TPSA) is 59.8 Å². The number of likely N-dealkylation sites (tertiary alicyclic amines) is 1. The molecule has 1 aliphatic heterocycles. The van der Waals surface area contributed by atoms with Crippen LogP contribution in [0.15, 0.2) is 57.7 Å². The number of nitrogens with zero attached hydrogens (tertiary/aromatic N) is 1. The molecule has 1 aromatic heterocycles. The maximum atomic E-state index is 12.8. The summed E-state index contributed by atoms with van der Waals surface area (Å²) in [5, 5.41) is 0.882. The highest BCUT2D eigenvalue weighted by molar-refractivity contribution is 5.82. The first-order valence-electron chi connectivity index (χ1n) is 11.5. The van der Waals surface area contributed by atoms with Crippen molar-refractivity contribution in [2.45, 2.75) is 45.4 Å². The molecule has 0 spiro atoms. The van der Waals surface area contributed by atoms with E-state index < -0.39 is 0 Å². The summed E-state index contributed by atoms with van der Waals surface area (Å²) < 4.78 is 10.7. The van der Waals surface area contributed by atoms with Crippen molar-refractivity contribution in [2.75, 3.05) is 20.2 Å². The zero-order chi connectivity index (χ0) is 22.5. The Morgan fingerprint density at radius 2 is 1.84 bits per heavy atom. The number of methoxy groups -OCH3 is 1. The van der Waals surface area contributed by atoms with Crippen molar-refractivity contribution in [1.82, 2.24) is 4.90 Å². The summed E-state index contributed by atoms with van der Waals surface area (Å²) in [6, 6.07) is 16.1. The average molecular weight is 434 g/mol. The van der Waals surface area contributed by atoms with E-state index >= 15 is 0 Å². The van der Waals surface area contributed by atoms with Crippen molar-refractivity contribution in [3.63, 3.8) is 0 Å². The van der Waals surface area contributed by atoms with Crippen LogP contribution in [-0.4, -0.2) is 31.0 Å². The van der Waals surface area contributed by atoms with Crippen LogP contribution < -0.4 is 10.4 Å². The van der Waals surface area contributed by atoms with Crippen LogP contribution in [0.2, 0.25) is 0 Å². The van der Waals surface area contributed by atoms with Crippen LogP contribution in [0.4, 0.5) is 0 Å². The second-order valence-corrected chi connectivity index (χ2v) is 8.70. The van der Waals surface area contributed by atoms with E-state index in [0.29, 0.717) is 35.7 Å². The molecule has 3 aromatic rings. The Morgan fingerprint density at radius 3 is 2.56 bits per heavy atom. The van der Waals surface area contributed by atoms with Crippen LogP contribution in [0.1, 0.15) is 42.4 Å². The predicted molar refractivity (Wildman–Crippen MR) is 126 cm³/mol. The van der Waals surface area contributed by atoms with Gasteiger partial charge in [-0.1, -0.05) is 30.3 Å². The lowest BCUT2D eigenvalue weighted by Crippen LogP contribution is -2.38. The smallest absolute Gasteiger partial charge is 0.339 e. The minimum atomic E-state index is -0.365. The van der Waals surface area contributed by atoms with Gasteiger partial charge in [-0.2, -0.15) is 0 Å². The van der Waals surface area contributed by atoms with E-state index in [9.17, 15) is 9.59 Å². The molecule has 0 radical (unpaired) electrons. The van der Waals surface area contributed by atoms with Crippen LogP contribution >= 0.6 is 0 Å². The van der Waals surface area contributed by atoms with Gasteiger partial charge in [-0.05, 0) is 68.2 Å². The Bertz CT molecular complexity index is 1130. The molecule has 0 bridgehead atoms. The van der Waals surface area contributed by atoms with E-state index in [-0.39, 0.29) is 11.5 Å². The third-order valence-electron chi connectivity index (χ3n) is 6.73. The second kappa shape index (κ2) is 10.0. The molecule has 0 unspecified atom stereocenters. The molecule has 1 saturated heterocycles. The van der Waals surface area contributed by atoms with Crippen LogP contribution in [-0.2, 0) is 17.6 Å². The SMILES string of the molecule is COc1ccc2c(C)c(CCC(=O)N3CCC(CCc4ccccc4)CC3)c(=O)oc2c1. The second-order valence-electron chi connectivity index (χ2n) is 8.70.